The first-order valence-corrected chi connectivity index (χ1v) is 8.82. The van der Waals surface area contributed by atoms with Crippen molar-refractivity contribution in [2.75, 3.05) is 5.73 Å². The van der Waals surface area contributed by atoms with Crippen molar-refractivity contribution < 1.29 is 23.9 Å². The second-order valence-corrected chi connectivity index (χ2v) is 6.94. The molecule has 1 unspecified atom stereocenters. The fourth-order valence-corrected chi connectivity index (χ4v) is 3.47. The van der Waals surface area contributed by atoms with Crippen molar-refractivity contribution in [2.45, 2.75) is 31.7 Å². The molecule has 146 valence electrons. The van der Waals surface area contributed by atoms with Gasteiger partial charge in [-0.25, -0.2) is 14.2 Å². The van der Waals surface area contributed by atoms with Crippen LogP contribution in [0.5, 0.6) is 0 Å². The van der Waals surface area contributed by atoms with Gasteiger partial charge in [-0.2, -0.15) is 0 Å². The number of pyridine rings is 1. The number of anilines is 1. The molecule has 28 heavy (non-hydrogen) atoms. The van der Waals surface area contributed by atoms with E-state index in [-0.39, 0.29) is 24.6 Å². The lowest BCUT2D eigenvalue weighted by molar-refractivity contribution is -0.177. The third-order valence-electron chi connectivity index (χ3n) is 4.94. The first-order valence-electron chi connectivity index (χ1n) is 8.82. The largest absolute Gasteiger partial charge is 0.480 e. The molecule has 2 amide bonds. The summed E-state index contributed by atoms with van der Waals surface area (Å²) in [6.07, 6.45) is 1.55. The predicted octanol–water partition coefficient (Wildman–Crippen LogP) is 1.98. The number of nitrogen functional groups attached to an aromatic ring is 1. The Labute approximate surface area is 161 Å². The van der Waals surface area contributed by atoms with Gasteiger partial charge in [0.15, 0.2) is 0 Å². The van der Waals surface area contributed by atoms with Crippen LogP contribution in [0.1, 0.15) is 30.4 Å². The summed E-state index contributed by atoms with van der Waals surface area (Å²) < 4.78 is 13.4. The van der Waals surface area contributed by atoms with Crippen molar-refractivity contribution in [1.82, 2.24) is 9.88 Å². The average molecular weight is 385 g/mol. The monoisotopic (exact) mass is 385 g/mol. The SMILES string of the molecule is CC(CC(=O)N1C(=O)[C@H](Cc2ccnc(N)c2)[C@H]1C(=O)O)c1cccc(F)c1. The van der Waals surface area contributed by atoms with Gasteiger partial charge in [0.25, 0.3) is 0 Å². The number of likely N-dealkylation sites (tertiary alicyclic amines) is 1. The highest BCUT2D eigenvalue weighted by Gasteiger charge is 2.54. The molecule has 1 fully saturated rings. The number of aromatic nitrogens is 1. The summed E-state index contributed by atoms with van der Waals surface area (Å²) >= 11 is 0. The maximum absolute atomic E-state index is 13.4. The van der Waals surface area contributed by atoms with Crippen LogP contribution in [-0.4, -0.2) is 38.8 Å². The molecule has 0 aliphatic carbocycles. The van der Waals surface area contributed by atoms with Crippen LogP contribution >= 0.6 is 0 Å². The lowest BCUT2D eigenvalue weighted by atomic mass is 9.81. The van der Waals surface area contributed by atoms with Crippen LogP contribution < -0.4 is 5.73 Å². The van der Waals surface area contributed by atoms with Crippen molar-refractivity contribution >= 4 is 23.6 Å². The second kappa shape index (κ2) is 7.75. The first-order chi connectivity index (χ1) is 13.3. The lowest BCUT2D eigenvalue weighted by Gasteiger charge is -2.43. The van der Waals surface area contributed by atoms with Crippen molar-refractivity contribution in [3.05, 3.63) is 59.5 Å². The Kier molecular flexibility index (Phi) is 5.39. The minimum atomic E-state index is -1.24. The summed E-state index contributed by atoms with van der Waals surface area (Å²) in [6, 6.07) is 7.84. The molecule has 2 aromatic rings. The molecule has 3 atom stereocenters. The minimum absolute atomic E-state index is 0.0894. The average Bonchev–Trinajstić information content (AvgIpc) is 2.63. The number of β-lactam (4-membered cyclic amide) rings is 1. The number of nitrogens with zero attached hydrogens (tertiary/aromatic N) is 2. The van der Waals surface area contributed by atoms with E-state index in [0.29, 0.717) is 11.1 Å². The van der Waals surface area contributed by atoms with E-state index in [2.05, 4.69) is 4.98 Å². The summed E-state index contributed by atoms with van der Waals surface area (Å²) in [7, 11) is 0. The van der Waals surface area contributed by atoms with Crippen LogP contribution in [0.2, 0.25) is 0 Å². The molecule has 3 rings (SSSR count). The van der Waals surface area contributed by atoms with E-state index in [0.717, 1.165) is 4.90 Å². The standard InChI is InChI=1S/C20H20FN3O4/c1-11(13-3-2-4-14(21)10-13)7-17(25)24-18(20(27)28)15(19(24)26)8-12-5-6-23-16(22)9-12/h2-6,9-11,15,18H,7-8H2,1H3,(H2,22,23)(H,27,28)/t11?,15-,18+/m1/s1. The molecule has 0 saturated carbocycles. The Morgan fingerprint density at radius 3 is 2.71 bits per heavy atom. The Bertz CT molecular complexity index is 933. The smallest absolute Gasteiger partial charge is 0.327 e. The molecule has 7 nitrogen and oxygen atoms in total. The van der Waals surface area contributed by atoms with E-state index in [1.807, 2.05) is 0 Å². The Hall–Kier alpha value is -3.29. The molecule has 3 N–H and O–H groups in total. The topological polar surface area (TPSA) is 114 Å². The van der Waals surface area contributed by atoms with Gasteiger partial charge in [-0.15, -0.1) is 0 Å². The van der Waals surface area contributed by atoms with Gasteiger partial charge in [0.2, 0.25) is 11.8 Å². The summed E-state index contributed by atoms with van der Waals surface area (Å²) in [5.74, 6) is -3.69. The summed E-state index contributed by atoms with van der Waals surface area (Å²) in [4.78, 5) is 41.4. The highest BCUT2D eigenvalue weighted by atomic mass is 19.1. The highest BCUT2D eigenvalue weighted by molar-refractivity contribution is 6.08. The number of aliphatic carboxylic acids is 1. The molecule has 1 aliphatic heterocycles. The molecule has 0 spiro atoms. The fourth-order valence-electron chi connectivity index (χ4n) is 3.47. The quantitative estimate of drug-likeness (QED) is 0.735. The highest BCUT2D eigenvalue weighted by Crippen LogP contribution is 2.33. The number of hydrogen-bond donors (Lipinski definition) is 2. The summed E-state index contributed by atoms with van der Waals surface area (Å²) in [6.45, 7) is 1.73. The number of carbonyl (C=O) groups is 3. The van der Waals surface area contributed by atoms with Crippen molar-refractivity contribution in [2.24, 2.45) is 5.92 Å². The summed E-state index contributed by atoms with van der Waals surface area (Å²) in [5.41, 5.74) is 6.90. The van der Waals surface area contributed by atoms with Crippen molar-refractivity contribution in [3.8, 4) is 0 Å². The zero-order chi connectivity index (χ0) is 20.4. The van der Waals surface area contributed by atoms with E-state index in [1.54, 1.807) is 25.1 Å². The predicted molar refractivity (Wildman–Crippen MR) is 98.6 cm³/mol. The number of nitrogens with two attached hydrogens (primary N) is 1. The van der Waals surface area contributed by atoms with Gasteiger partial charge in [0, 0.05) is 12.6 Å². The lowest BCUT2D eigenvalue weighted by Crippen LogP contribution is -2.66. The van der Waals surface area contributed by atoms with Gasteiger partial charge in [0.05, 0.1) is 5.92 Å². The van der Waals surface area contributed by atoms with Crippen molar-refractivity contribution in [3.63, 3.8) is 0 Å². The maximum Gasteiger partial charge on any atom is 0.327 e. The van der Waals surface area contributed by atoms with Crippen LogP contribution in [0.3, 0.4) is 0 Å². The van der Waals surface area contributed by atoms with Crippen LogP contribution in [-0.2, 0) is 20.8 Å². The van der Waals surface area contributed by atoms with Gasteiger partial charge in [-0.05, 0) is 47.7 Å². The number of carboxylic acids is 1. The van der Waals surface area contributed by atoms with Gasteiger partial charge < -0.3 is 10.8 Å². The molecule has 0 bridgehead atoms. The van der Waals surface area contributed by atoms with E-state index >= 15 is 0 Å². The number of rotatable bonds is 6. The van der Waals surface area contributed by atoms with E-state index < -0.39 is 35.6 Å². The van der Waals surface area contributed by atoms with Gasteiger partial charge in [-0.1, -0.05) is 19.1 Å². The normalized spacial score (nSPS) is 19.8. The molecule has 1 saturated heterocycles. The Balaban J connectivity index is 1.71. The van der Waals surface area contributed by atoms with Crippen LogP contribution in [0.4, 0.5) is 10.2 Å². The van der Waals surface area contributed by atoms with Crippen LogP contribution in [0.25, 0.3) is 0 Å². The molecule has 2 heterocycles. The van der Waals surface area contributed by atoms with E-state index in [1.165, 1.54) is 24.4 Å². The Morgan fingerprint density at radius 2 is 2.07 bits per heavy atom. The van der Waals surface area contributed by atoms with E-state index in [9.17, 15) is 23.9 Å². The summed E-state index contributed by atoms with van der Waals surface area (Å²) in [5, 5.41) is 9.53. The molecule has 1 aromatic heterocycles. The zero-order valence-corrected chi connectivity index (χ0v) is 15.2. The van der Waals surface area contributed by atoms with Gasteiger partial charge in [-0.3, -0.25) is 14.5 Å². The van der Waals surface area contributed by atoms with Crippen molar-refractivity contribution in [1.29, 1.82) is 0 Å². The fraction of sp³-hybridized carbons (Fsp3) is 0.300. The molecular weight excluding hydrogens is 365 g/mol. The third kappa shape index (κ3) is 3.85. The Morgan fingerprint density at radius 1 is 1.32 bits per heavy atom. The third-order valence-corrected chi connectivity index (χ3v) is 4.94. The number of amides is 2. The van der Waals surface area contributed by atoms with Gasteiger partial charge >= 0.3 is 5.97 Å². The number of carboxylic acid groups (broad SMARTS) is 1. The molecule has 1 aliphatic rings. The minimum Gasteiger partial charge on any atom is -0.480 e. The number of hydrogen-bond acceptors (Lipinski definition) is 5. The maximum atomic E-state index is 13.4. The zero-order valence-electron chi connectivity index (χ0n) is 15.2. The molecule has 8 heteroatoms. The van der Waals surface area contributed by atoms with Gasteiger partial charge in [0.1, 0.15) is 17.7 Å². The number of benzene rings is 1. The number of imide groups is 1. The molecule has 0 radical (unpaired) electrons. The number of halogens is 1. The first kappa shape index (κ1) is 19.5. The van der Waals surface area contributed by atoms with Crippen LogP contribution in [0.15, 0.2) is 42.6 Å². The molecular formula is C20H20FN3O4. The van der Waals surface area contributed by atoms with E-state index in [4.69, 9.17) is 5.73 Å². The van der Waals surface area contributed by atoms with Crippen LogP contribution in [0, 0.1) is 11.7 Å². The number of carbonyl (C=O) groups excluding carboxylic acids is 2. The molecule has 1 aromatic carbocycles. The second-order valence-electron chi connectivity index (χ2n) is 6.94.